The summed E-state index contributed by atoms with van der Waals surface area (Å²) in [6.45, 7) is 3.49. The standard InChI is InChI=1S/C11H14N2O3/c1-3-16-11(15)8-6-9-10(14)12(2)4-5-13(9)7-8/h6-7H,3-5H2,1-2H3. The van der Waals surface area contributed by atoms with Gasteiger partial charge in [0.05, 0.1) is 12.2 Å². The monoisotopic (exact) mass is 222 g/mol. The Morgan fingerprint density at radius 3 is 2.94 bits per heavy atom. The molecule has 0 saturated heterocycles. The molecule has 1 aromatic rings. The Morgan fingerprint density at radius 2 is 2.25 bits per heavy atom. The fraction of sp³-hybridized carbons (Fsp3) is 0.455. The van der Waals surface area contributed by atoms with E-state index in [-0.39, 0.29) is 11.9 Å². The summed E-state index contributed by atoms with van der Waals surface area (Å²) < 4.78 is 6.69. The molecule has 16 heavy (non-hydrogen) atoms. The Balaban J connectivity index is 2.30. The Morgan fingerprint density at radius 1 is 1.50 bits per heavy atom. The number of hydrogen-bond acceptors (Lipinski definition) is 3. The van der Waals surface area contributed by atoms with E-state index in [1.165, 1.54) is 0 Å². The maximum absolute atomic E-state index is 11.8. The molecule has 1 aromatic heterocycles. The van der Waals surface area contributed by atoms with Gasteiger partial charge in [-0.2, -0.15) is 0 Å². The summed E-state index contributed by atoms with van der Waals surface area (Å²) in [5.41, 5.74) is 0.998. The highest BCUT2D eigenvalue weighted by Gasteiger charge is 2.24. The lowest BCUT2D eigenvalue weighted by molar-refractivity contribution is 0.0526. The summed E-state index contributed by atoms with van der Waals surface area (Å²) in [7, 11) is 1.75. The fourth-order valence-electron chi connectivity index (χ4n) is 1.76. The van der Waals surface area contributed by atoms with Crippen molar-refractivity contribution in [1.29, 1.82) is 0 Å². The molecule has 5 heteroatoms. The van der Waals surface area contributed by atoms with E-state index in [0.717, 1.165) is 6.54 Å². The summed E-state index contributed by atoms with van der Waals surface area (Å²) in [6.07, 6.45) is 1.68. The Bertz CT molecular complexity index is 436. The van der Waals surface area contributed by atoms with Crippen LogP contribution in [-0.4, -0.2) is 41.5 Å². The molecule has 2 heterocycles. The Hall–Kier alpha value is -1.78. The maximum Gasteiger partial charge on any atom is 0.339 e. The van der Waals surface area contributed by atoms with E-state index >= 15 is 0 Å². The molecule has 0 unspecified atom stereocenters. The first-order valence-corrected chi connectivity index (χ1v) is 5.26. The largest absolute Gasteiger partial charge is 0.462 e. The molecule has 0 spiro atoms. The number of nitrogens with zero attached hydrogens (tertiary/aromatic N) is 2. The molecular weight excluding hydrogens is 208 g/mol. The van der Waals surface area contributed by atoms with Gasteiger partial charge < -0.3 is 14.2 Å². The first-order chi connectivity index (χ1) is 7.63. The zero-order valence-electron chi connectivity index (χ0n) is 9.40. The average Bonchev–Trinajstić information content (AvgIpc) is 2.69. The van der Waals surface area contributed by atoms with E-state index < -0.39 is 0 Å². The first kappa shape index (κ1) is 10.7. The Kier molecular flexibility index (Phi) is 2.68. The van der Waals surface area contributed by atoms with Gasteiger partial charge >= 0.3 is 5.97 Å². The van der Waals surface area contributed by atoms with Crippen molar-refractivity contribution in [2.24, 2.45) is 0 Å². The molecule has 1 aliphatic rings. The number of aromatic nitrogens is 1. The fourth-order valence-corrected chi connectivity index (χ4v) is 1.76. The van der Waals surface area contributed by atoms with Crippen LogP contribution in [0.25, 0.3) is 0 Å². The lowest BCUT2D eigenvalue weighted by atomic mass is 10.2. The van der Waals surface area contributed by atoms with Crippen LogP contribution in [-0.2, 0) is 11.3 Å². The number of esters is 1. The molecule has 0 aliphatic carbocycles. The summed E-state index contributed by atoms with van der Waals surface area (Å²) in [5.74, 6) is -0.429. The minimum Gasteiger partial charge on any atom is -0.462 e. The predicted octanol–water partition coefficient (Wildman–Crippen LogP) is 0.750. The molecule has 1 amide bonds. The number of likely N-dealkylation sites (N-methyl/N-ethyl adjacent to an activating group) is 1. The molecule has 0 N–H and O–H groups in total. The molecule has 0 radical (unpaired) electrons. The van der Waals surface area contributed by atoms with Gasteiger partial charge in [0.25, 0.3) is 5.91 Å². The number of rotatable bonds is 2. The van der Waals surface area contributed by atoms with Crippen molar-refractivity contribution >= 4 is 11.9 Å². The summed E-state index contributed by atoms with van der Waals surface area (Å²) in [5, 5.41) is 0. The molecule has 0 saturated carbocycles. The highest BCUT2D eigenvalue weighted by atomic mass is 16.5. The normalized spacial score (nSPS) is 14.9. The van der Waals surface area contributed by atoms with Crippen molar-refractivity contribution < 1.29 is 14.3 Å². The summed E-state index contributed by atoms with van der Waals surface area (Å²) in [4.78, 5) is 24.9. The van der Waals surface area contributed by atoms with Crippen LogP contribution in [0.5, 0.6) is 0 Å². The molecule has 86 valence electrons. The van der Waals surface area contributed by atoms with Crippen LogP contribution in [0.15, 0.2) is 12.3 Å². The van der Waals surface area contributed by atoms with E-state index in [0.29, 0.717) is 24.4 Å². The van der Waals surface area contributed by atoms with Crippen molar-refractivity contribution in [2.45, 2.75) is 13.5 Å². The van der Waals surface area contributed by atoms with Crippen LogP contribution in [0.3, 0.4) is 0 Å². The highest BCUT2D eigenvalue weighted by molar-refractivity contribution is 5.97. The SMILES string of the molecule is CCOC(=O)c1cc2n(c1)CCN(C)C2=O. The maximum atomic E-state index is 11.8. The van der Waals surface area contributed by atoms with E-state index in [9.17, 15) is 9.59 Å². The number of hydrogen-bond donors (Lipinski definition) is 0. The average molecular weight is 222 g/mol. The molecule has 0 atom stereocenters. The van der Waals surface area contributed by atoms with Gasteiger partial charge in [0.2, 0.25) is 0 Å². The van der Waals surface area contributed by atoms with E-state index in [4.69, 9.17) is 4.74 Å². The second-order valence-electron chi connectivity index (χ2n) is 3.75. The van der Waals surface area contributed by atoms with Gasteiger partial charge in [-0.1, -0.05) is 0 Å². The Labute approximate surface area is 93.6 Å². The van der Waals surface area contributed by atoms with Gasteiger partial charge in [0, 0.05) is 26.3 Å². The van der Waals surface area contributed by atoms with Gasteiger partial charge in [-0.05, 0) is 13.0 Å². The summed E-state index contributed by atoms with van der Waals surface area (Å²) in [6, 6.07) is 1.59. The quantitative estimate of drug-likeness (QED) is 0.694. The van der Waals surface area contributed by atoms with Crippen molar-refractivity contribution in [2.75, 3.05) is 20.2 Å². The van der Waals surface area contributed by atoms with Gasteiger partial charge in [-0.25, -0.2) is 4.79 Å². The molecule has 5 nitrogen and oxygen atoms in total. The zero-order valence-corrected chi connectivity index (χ0v) is 9.40. The van der Waals surface area contributed by atoms with Crippen LogP contribution in [0.4, 0.5) is 0 Å². The minimum atomic E-state index is -0.375. The van der Waals surface area contributed by atoms with Crippen LogP contribution in [0, 0.1) is 0 Å². The van der Waals surface area contributed by atoms with Crippen molar-refractivity contribution in [3.8, 4) is 0 Å². The number of carbonyl (C=O) groups is 2. The third-order valence-corrected chi connectivity index (χ3v) is 2.65. The van der Waals surface area contributed by atoms with Crippen molar-refractivity contribution in [1.82, 2.24) is 9.47 Å². The molecule has 0 bridgehead atoms. The number of ether oxygens (including phenoxy) is 1. The van der Waals surface area contributed by atoms with E-state index in [2.05, 4.69) is 0 Å². The molecular formula is C11H14N2O3. The smallest absolute Gasteiger partial charge is 0.339 e. The molecule has 0 aromatic carbocycles. The zero-order chi connectivity index (χ0) is 11.7. The lowest BCUT2D eigenvalue weighted by Gasteiger charge is -2.24. The highest BCUT2D eigenvalue weighted by Crippen LogP contribution is 2.16. The van der Waals surface area contributed by atoms with Gasteiger partial charge in [-0.15, -0.1) is 0 Å². The predicted molar refractivity (Wildman–Crippen MR) is 57.3 cm³/mol. The third-order valence-electron chi connectivity index (χ3n) is 2.65. The van der Waals surface area contributed by atoms with E-state index in [1.807, 2.05) is 0 Å². The van der Waals surface area contributed by atoms with Gasteiger partial charge in [0.1, 0.15) is 5.69 Å². The van der Waals surface area contributed by atoms with Crippen LogP contribution in [0.2, 0.25) is 0 Å². The number of amides is 1. The van der Waals surface area contributed by atoms with Crippen molar-refractivity contribution in [3.63, 3.8) is 0 Å². The second-order valence-corrected chi connectivity index (χ2v) is 3.75. The molecule has 2 rings (SSSR count). The molecule has 0 fully saturated rings. The topological polar surface area (TPSA) is 51.5 Å². The van der Waals surface area contributed by atoms with Gasteiger partial charge in [-0.3, -0.25) is 4.79 Å². The van der Waals surface area contributed by atoms with Crippen molar-refractivity contribution in [3.05, 3.63) is 23.5 Å². The van der Waals surface area contributed by atoms with Crippen LogP contribution in [0.1, 0.15) is 27.8 Å². The lowest BCUT2D eigenvalue weighted by Crippen LogP contribution is -2.36. The molecule has 1 aliphatic heterocycles. The van der Waals surface area contributed by atoms with Crippen LogP contribution < -0.4 is 0 Å². The minimum absolute atomic E-state index is 0.0539. The number of carbonyl (C=O) groups excluding carboxylic acids is 2. The summed E-state index contributed by atoms with van der Waals surface area (Å²) >= 11 is 0. The van der Waals surface area contributed by atoms with Gasteiger partial charge in [0.15, 0.2) is 0 Å². The van der Waals surface area contributed by atoms with E-state index in [1.54, 1.807) is 35.7 Å². The first-order valence-electron chi connectivity index (χ1n) is 5.26. The third kappa shape index (κ3) is 1.68. The van der Waals surface area contributed by atoms with Crippen LogP contribution >= 0.6 is 0 Å². The second kappa shape index (κ2) is 4.00. The number of fused-ring (bicyclic) bond motifs is 1.